The highest BCUT2D eigenvalue weighted by molar-refractivity contribution is 5.78. The van der Waals surface area contributed by atoms with E-state index in [1.165, 1.54) is 12.0 Å². The van der Waals surface area contributed by atoms with Crippen molar-refractivity contribution < 1.29 is 4.79 Å². The molecule has 0 aromatic rings. The second kappa shape index (κ2) is 12.5. The maximum Gasteiger partial charge on any atom is 0.234 e. The van der Waals surface area contributed by atoms with Crippen LogP contribution in [0.15, 0.2) is 35.3 Å². The van der Waals surface area contributed by atoms with Crippen LogP contribution in [0.25, 0.3) is 0 Å². The van der Waals surface area contributed by atoms with Crippen LogP contribution in [0.2, 0.25) is 0 Å². The van der Waals surface area contributed by atoms with Crippen molar-refractivity contribution >= 4 is 5.91 Å². The number of piperazine rings is 1. The van der Waals surface area contributed by atoms with Crippen molar-refractivity contribution in [1.82, 2.24) is 15.1 Å². The second-order valence-corrected chi connectivity index (χ2v) is 7.79. The number of hydrogen-bond acceptors (Lipinski definition) is 5. The molecule has 2 rings (SSSR count). The molecule has 160 valence electrons. The lowest BCUT2D eigenvalue weighted by atomic mass is 9.87. The minimum absolute atomic E-state index is 0.0868. The molecule has 1 aliphatic carbocycles. The summed E-state index contributed by atoms with van der Waals surface area (Å²) < 4.78 is 0. The maximum absolute atomic E-state index is 11.9. The smallest absolute Gasteiger partial charge is 0.234 e. The molecule has 1 aliphatic heterocycles. The zero-order valence-corrected chi connectivity index (χ0v) is 18.5. The van der Waals surface area contributed by atoms with Gasteiger partial charge >= 0.3 is 0 Å². The van der Waals surface area contributed by atoms with Gasteiger partial charge in [-0.05, 0) is 56.3 Å². The van der Waals surface area contributed by atoms with Crippen molar-refractivity contribution in [1.29, 1.82) is 0 Å². The van der Waals surface area contributed by atoms with E-state index in [0.29, 0.717) is 6.54 Å². The molecule has 0 aromatic heterocycles. The average Bonchev–Trinajstić information content (AvgIpc) is 2.68. The van der Waals surface area contributed by atoms with Crippen LogP contribution in [-0.4, -0.2) is 54.5 Å². The lowest BCUT2D eigenvalue weighted by Gasteiger charge is -2.36. The van der Waals surface area contributed by atoms with E-state index < -0.39 is 0 Å². The molecule has 28 heavy (non-hydrogen) atoms. The van der Waals surface area contributed by atoms with Gasteiger partial charge in [0.05, 0.1) is 12.4 Å². The SMILES string of the molecule is CC.CC1CC=C(C(=C/N)/C=C(\N)N2CCN(CC(=O)NC(C)C)CC2)CC1. The third-order valence-corrected chi connectivity index (χ3v) is 5.08. The summed E-state index contributed by atoms with van der Waals surface area (Å²) in [4.78, 5) is 16.2. The molecule has 1 amide bonds. The van der Waals surface area contributed by atoms with Crippen LogP contribution in [0.4, 0.5) is 0 Å². The fraction of sp³-hybridized carbons (Fsp3) is 0.682. The van der Waals surface area contributed by atoms with Crippen molar-refractivity contribution in [2.75, 3.05) is 32.7 Å². The van der Waals surface area contributed by atoms with Gasteiger partial charge in [-0.1, -0.05) is 26.8 Å². The molecule has 5 N–H and O–H groups in total. The minimum Gasteiger partial charge on any atom is -0.404 e. The number of hydrogen-bond donors (Lipinski definition) is 3. The van der Waals surface area contributed by atoms with Gasteiger partial charge in [0.2, 0.25) is 5.91 Å². The van der Waals surface area contributed by atoms with Gasteiger partial charge in [-0.25, -0.2) is 0 Å². The fourth-order valence-corrected chi connectivity index (χ4v) is 3.46. The molecule has 1 saturated heterocycles. The van der Waals surface area contributed by atoms with E-state index in [1.54, 1.807) is 6.20 Å². The molecule has 2 aliphatic rings. The summed E-state index contributed by atoms with van der Waals surface area (Å²) in [6.45, 7) is 14.0. The predicted molar refractivity (Wildman–Crippen MR) is 118 cm³/mol. The Bertz CT molecular complexity index is 571. The van der Waals surface area contributed by atoms with Crippen molar-refractivity contribution in [3.05, 3.63) is 35.3 Å². The summed E-state index contributed by atoms with van der Waals surface area (Å²) in [6.07, 6.45) is 9.34. The number of amides is 1. The molecule has 6 heteroatoms. The van der Waals surface area contributed by atoms with E-state index >= 15 is 0 Å². The normalized spacial score (nSPS) is 21.7. The molecule has 0 bridgehead atoms. The number of nitrogens with two attached hydrogens (primary N) is 2. The quantitative estimate of drug-likeness (QED) is 0.606. The van der Waals surface area contributed by atoms with Gasteiger partial charge in [0.25, 0.3) is 0 Å². The highest BCUT2D eigenvalue weighted by Crippen LogP contribution is 2.28. The third kappa shape index (κ3) is 7.97. The van der Waals surface area contributed by atoms with Crippen molar-refractivity contribution in [3.63, 3.8) is 0 Å². The lowest BCUT2D eigenvalue weighted by Crippen LogP contribution is -2.50. The molecule has 1 atom stereocenters. The van der Waals surface area contributed by atoms with Crippen molar-refractivity contribution in [2.45, 2.75) is 59.9 Å². The zero-order valence-electron chi connectivity index (χ0n) is 18.5. The Kier molecular flexibility index (Phi) is 10.8. The summed E-state index contributed by atoms with van der Waals surface area (Å²) in [7, 11) is 0. The van der Waals surface area contributed by atoms with E-state index in [0.717, 1.165) is 56.3 Å². The minimum atomic E-state index is 0.0868. The number of nitrogens with one attached hydrogen (secondary N) is 1. The maximum atomic E-state index is 11.9. The van der Waals surface area contributed by atoms with Crippen LogP contribution < -0.4 is 16.8 Å². The lowest BCUT2D eigenvalue weighted by molar-refractivity contribution is -0.123. The Labute approximate surface area is 171 Å². The number of carbonyl (C=O) groups excluding carboxylic acids is 1. The largest absolute Gasteiger partial charge is 0.404 e. The van der Waals surface area contributed by atoms with Gasteiger partial charge in [0.1, 0.15) is 0 Å². The van der Waals surface area contributed by atoms with E-state index in [1.807, 2.05) is 33.8 Å². The first-order valence-corrected chi connectivity index (χ1v) is 10.7. The molecule has 0 radical (unpaired) electrons. The predicted octanol–water partition coefficient (Wildman–Crippen LogP) is 2.54. The first-order chi connectivity index (χ1) is 13.4. The first kappa shape index (κ1) is 24.1. The van der Waals surface area contributed by atoms with Gasteiger partial charge in [0.15, 0.2) is 0 Å². The zero-order chi connectivity index (χ0) is 21.1. The monoisotopic (exact) mass is 391 g/mol. The topological polar surface area (TPSA) is 87.6 Å². The van der Waals surface area contributed by atoms with E-state index in [-0.39, 0.29) is 11.9 Å². The van der Waals surface area contributed by atoms with Gasteiger partial charge < -0.3 is 21.7 Å². The van der Waals surface area contributed by atoms with E-state index in [4.69, 9.17) is 11.5 Å². The number of nitrogens with zero attached hydrogens (tertiary/aromatic N) is 2. The van der Waals surface area contributed by atoms with Crippen molar-refractivity contribution in [3.8, 4) is 0 Å². The van der Waals surface area contributed by atoms with Crippen LogP contribution in [0.3, 0.4) is 0 Å². The highest BCUT2D eigenvalue weighted by Gasteiger charge is 2.20. The van der Waals surface area contributed by atoms with Crippen LogP contribution in [0.1, 0.15) is 53.9 Å². The summed E-state index contributed by atoms with van der Waals surface area (Å²) >= 11 is 0. The summed E-state index contributed by atoms with van der Waals surface area (Å²) in [5.74, 6) is 1.59. The van der Waals surface area contributed by atoms with Gasteiger partial charge in [0, 0.05) is 38.4 Å². The van der Waals surface area contributed by atoms with Crippen LogP contribution in [0, 0.1) is 5.92 Å². The molecule has 6 nitrogen and oxygen atoms in total. The van der Waals surface area contributed by atoms with E-state index in [2.05, 4.69) is 28.1 Å². The fourth-order valence-electron chi connectivity index (χ4n) is 3.46. The average molecular weight is 392 g/mol. The summed E-state index contributed by atoms with van der Waals surface area (Å²) in [6, 6.07) is 0.181. The summed E-state index contributed by atoms with van der Waals surface area (Å²) in [5, 5.41) is 2.94. The Morgan fingerprint density at radius 1 is 1.29 bits per heavy atom. The molecule has 1 heterocycles. The second-order valence-electron chi connectivity index (χ2n) is 7.79. The molecule has 0 spiro atoms. The molecule has 1 fully saturated rings. The Balaban J connectivity index is 0.00000190. The van der Waals surface area contributed by atoms with E-state index in [9.17, 15) is 4.79 Å². The Morgan fingerprint density at radius 3 is 2.43 bits per heavy atom. The van der Waals surface area contributed by atoms with Crippen LogP contribution in [0.5, 0.6) is 0 Å². The standard InChI is InChI=1S/C20H35N5O.C2H6/c1-15(2)23-20(26)14-24-8-10-25(11-9-24)19(22)12-18(13-21)17-6-4-16(3)5-7-17;1-2/h6,12-13,15-16H,4-5,7-11,14,21-22H2,1-3H3,(H,23,26);1-2H3/b18-13+,19-12+;. The van der Waals surface area contributed by atoms with Crippen LogP contribution >= 0.6 is 0 Å². The molecular weight excluding hydrogens is 350 g/mol. The van der Waals surface area contributed by atoms with Gasteiger partial charge in [-0.3, -0.25) is 9.69 Å². The van der Waals surface area contributed by atoms with Gasteiger partial charge in [-0.15, -0.1) is 0 Å². The molecular formula is C22H41N5O. The third-order valence-electron chi connectivity index (χ3n) is 5.08. The number of rotatable bonds is 6. The number of carbonyl (C=O) groups is 1. The Morgan fingerprint density at radius 2 is 1.93 bits per heavy atom. The molecule has 0 saturated carbocycles. The number of allylic oxidation sites excluding steroid dienone is 4. The highest BCUT2D eigenvalue weighted by atomic mass is 16.2. The molecule has 1 unspecified atom stereocenters. The Hall–Kier alpha value is -1.95. The van der Waals surface area contributed by atoms with Crippen molar-refractivity contribution in [2.24, 2.45) is 17.4 Å². The molecule has 0 aromatic carbocycles. The first-order valence-electron chi connectivity index (χ1n) is 10.7. The van der Waals surface area contributed by atoms with Crippen LogP contribution in [-0.2, 0) is 4.79 Å². The summed E-state index contributed by atoms with van der Waals surface area (Å²) in [5.41, 5.74) is 14.5. The van der Waals surface area contributed by atoms with Gasteiger partial charge in [-0.2, -0.15) is 0 Å².